The van der Waals surface area contributed by atoms with E-state index in [2.05, 4.69) is 132 Å². The summed E-state index contributed by atoms with van der Waals surface area (Å²) in [5.41, 5.74) is 5.45. The Kier molecular flexibility index (Phi) is 11.5. The molecule has 0 unspecified atom stereocenters. The van der Waals surface area contributed by atoms with Gasteiger partial charge in [0.1, 0.15) is 0 Å². The van der Waals surface area contributed by atoms with E-state index in [1.807, 2.05) is 21.6 Å². The second-order valence-corrected chi connectivity index (χ2v) is 11.6. The summed E-state index contributed by atoms with van der Waals surface area (Å²) in [5.74, 6) is 2.15. The van der Waals surface area contributed by atoms with Crippen molar-refractivity contribution in [1.29, 1.82) is 0 Å². The van der Waals surface area contributed by atoms with Crippen LogP contribution < -0.4 is 10.6 Å². The second kappa shape index (κ2) is 15.6. The zero-order chi connectivity index (χ0) is 24.7. The zero-order valence-electron chi connectivity index (χ0n) is 20.8. The molecule has 2 atom stereocenters. The predicted molar refractivity (Wildman–Crippen MR) is 159 cm³/mol. The summed E-state index contributed by atoms with van der Waals surface area (Å²) in [6, 6.07) is 43.9. The van der Waals surface area contributed by atoms with Crippen LogP contribution in [0.15, 0.2) is 121 Å². The van der Waals surface area contributed by atoms with Crippen molar-refractivity contribution >= 4 is 21.6 Å². The van der Waals surface area contributed by atoms with Gasteiger partial charge in [0.2, 0.25) is 0 Å². The summed E-state index contributed by atoms with van der Waals surface area (Å²) >= 11 is 0. The van der Waals surface area contributed by atoms with Crippen LogP contribution in [0.4, 0.5) is 0 Å². The molecule has 2 N–H and O–H groups in total. The molecule has 0 saturated heterocycles. The number of rotatable bonds is 15. The van der Waals surface area contributed by atoms with Gasteiger partial charge in [-0.3, -0.25) is 0 Å². The summed E-state index contributed by atoms with van der Waals surface area (Å²) in [7, 11) is 3.98. The Morgan fingerprint density at radius 1 is 0.417 bits per heavy atom. The van der Waals surface area contributed by atoms with Crippen LogP contribution in [0, 0.1) is 0 Å². The van der Waals surface area contributed by atoms with Crippen molar-refractivity contribution in [2.75, 3.05) is 11.5 Å². The van der Waals surface area contributed by atoms with Crippen molar-refractivity contribution < 1.29 is 0 Å². The maximum absolute atomic E-state index is 3.81. The number of nitrogens with one attached hydrogen (secondary N) is 2. The van der Waals surface area contributed by atoms with Gasteiger partial charge in [-0.1, -0.05) is 143 Å². The van der Waals surface area contributed by atoms with E-state index in [1.54, 1.807) is 0 Å². The third-order valence-electron chi connectivity index (χ3n) is 6.15. The summed E-state index contributed by atoms with van der Waals surface area (Å²) in [6.45, 7) is 1.80. The fourth-order valence-electron chi connectivity index (χ4n) is 4.15. The van der Waals surface area contributed by atoms with Gasteiger partial charge in [-0.05, 0) is 35.1 Å². The van der Waals surface area contributed by atoms with Crippen LogP contribution in [-0.2, 0) is 25.9 Å². The number of benzene rings is 4. The topological polar surface area (TPSA) is 24.1 Å². The highest BCUT2D eigenvalue weighted by molar-refractivity contribution is 8.76. The minimum atomic E-state index is 0.426. The summed E-state index contributed by atoms with van der Waals surface area (Å²) in [5, 5.41) is 7.62. The van der Waals surface area contributed by atoms with Gasteiger partial charge in [-0.2, -0.15) is 0 Å². The summed E-state index contributed by atoms with van der Waals surface area (Å²) in [4.78, 5) is 0. The van der Waals surface area contributed by atoms with E-state index < -0.39 is 0 Å². The molecule has 0 aliphatic heterocycles. The molecule has 0 amide bonds. The van der Waals surface area contributed by atoms with E-state index in [1.165, 1.54) is 22.3 Å². The maximum atomic E-state index is 3.81. The first kappa shape index (κ1) is 26.6. The van der Waals surface area contributed by atoms with Gasteiger partial charge in [-0.25, -0.2) is 0 Å². The predicted octanol–water partition coefficient (Wildman–Crippen LogP) is 7.17. The third kappa shape index (κ3) is 9.87. The normalized spacial score (nSPS) is 12.8. The first-order valence-corrected chi connectivity index (χ1v) is 15.2. The van der Waals surface area contributed by atoms with E-state index in [0.717, 1.165) is 37.4 Å². The first-order chi connectivity index (χ1) is 17.8. The molecule has 0 bridgehead atoms. The van der Waals surface area contributed by atoms with E-state index in [4.69, 9.17) is 0 Å². The molecule has 186 valence electrons. The highest BCUT2D eigenvalue weighted by atomic mass is 33.1. The molecule has 0 fully saturated rings. The van der Waals surface area contributed by atoms with Gasteiger partial charge in [0.15, 0.2) is 0 Å². The molecule has 0 spiro atoms. The van der Waals surface area contributed by atoms with Gasteiger partial charge < -0.3 is 10.6 Å². The molecule has 2 nitrogen and oxygen atoms in total. The molecule has 4 aromatic rings. The number of hydrogen-bond acceptors (Lipinski definition) is 4. The lowest BCUT2D eigenvalue weighted by atomic mass is 10.1. The van der Waals surface area contributed by atoms with Crippen LogP contribution in [0.25, 0.3) is 0 Å². The highest BCUT2D eigenvalue weighted by Gasteiger charge is 2.13. The Balaban J connectivity index is 1.30. The molecule has 36 heavy (non-hydrogen) atoms. The van der Waals surface area contributed by atoms with Crippen molar-refractivity contribution in [3.8, 4) is 0 Å². The maximum Gasteiger partial charge on any atom is 0.0210 e. The van der Waals surface area contributed by atoms with Crippen molar-refractivity contribution in [3.63, 3.8) is 0 Å². The molecule has 0 radical (unpaired) electrons. The molecule has 0 aliphatic rings. The average Bonchev–Trinajstić information content (AvgIpc) is 2.94. The molecule has 4 rings (SSSR count). The van der Waals surface area contributed by atoms with Gasteiger partial charge in [0.05, 0.1) is 0 Å². The summed E-state index contributed by atoms with van der Waals surface area (Å²) < 4.78 is 0. The molecular formula is C32H36N2S2. The fraction of sp³-hybridized carbons (Fsp3) is 0.250. The quantitative estimate of drug-likeness (QED) is 0.130. The van der Waals surface area contributed by atoms with E-state index in [-0.39, 0.29) is 0 Å². The van der Waals surface area contributed by atoms with Gasteiger partial charge in [0.25, 0.3) is 0 Å². The van der Waals surface area contributed by atoms with Crippen LogP contribution in [0.1, 0.15) is 22.3 Å². The van der Waals surface area contributed by atoms with Crippen molar-refractivity contribution in [2.24, 2.45) is 0 Å². The van der Waals surface area contributed by atoms with Crippen molar-refractivity contribution in [2.45, 2.75) is 38.0 Å². The van der Waals surface area contributed by atoms with Crippen molar-refractivity contribution in [1.82, 2.24) is 10.6 Å². The van der Waals surface area contributed by atoms with Crippen LogP contribution in [0.2, 0.25) is 0 Å². The minimum absolute atomic E-state index is 0.426. The molecule has 0 saturated carbocycles. The van der Waals surface area contributed by atoms with E-state index in [9.17, 15) is 0 Å². The third-order valence-corrected chi connectivity index (χ3v) is 8.71. The van der Waals surface area contributed by atoms with Gasteiger partial charge in [0, 0.05) is 36.7 Å². The summed E-state index contributed by atoms with van der Waals surface area (Å²) in [6.07, 6.45) is 2.09. The lowest BCUT2D eigenvalue weighted by molar-refractivity contribution is 0.552. The van der Waals surface area contributed by atoms with Crippen LogP contribution in [-0.4, -0.2) is 23.6 Å². The Morgan fingerprint density at radius 3 is 1.06 bits per heavy atom. The highest BCUT2D eigenvalue weighted by Crippen LogP contribution is 2.25. The number of hydrogen-bond donors (Lipinski definition) is 2. The Labute approximate surface area is 224 Å². The Hall–Kier alpha value is -2.50. The first-order valence-electron chi connectivity index (χ1n) is 12.7. The zero-order valence-corrected chi connectivity index (χ0v) is 22.4. The Bertz CT molecular complexity index is 1000. The SMILES string of the molecule is c1ccc(CN[C@H](CSSC[C@H](Cc2ccccc2)NCc2ccccc2)Cc2ccccc2)cc1. The van der Waals surface area contributed by atoms with Gasteiger partial charge in [-0.15, -0.1) is 0 Å². The molecule has 0 heterocycles. The lowest BCUT2D eigenvalue weighted by Crippen LogP contribution is -2.34. The average molecular weight is 513 g/mol. The largest absolute Gasteiger partial charge is 0.309 e. The monoisotopic (exact) mass is 512 g/mol. The molecule has 0 aliphatic carbocycles. The molecule has 0 aromatic heterocycles. The van der Waals surface area contributed by atoms with E-state index in [0.29, 0.717) is 12.1 Å². The van der Waals surface area contributed by atoms with Crippen LogP contribution in [0.3, 0.4) is 0 Å². The molecular weight excluding hydrogens is 477 g/mol. The second-order valence-electron chi connectivity index (χ2n) is 9.08. The van der Waals surface area contributed by atoms with Crippen molar-refractivity contribution in [3.05, 3.63) is 144 Å². The Morgan fingerprint density at radius 2 is 0.722 bits per heavy atom. The molecule has 4 heteroatoms. The fourth-order valence-corrected chi connectivity index (χ4v) is 6.71. The minimum Gasteiger partial charge on any atom is -0.309 e. The standard InChI is InChI=1S/C32H36N2S2/c1-5-13-27(14-6-1)21-31(33-23-29-17-9-3-10-18-29)25-35-36-26-32(22-28-15-7-2-8-16-28)34-24-30-19-11-4-12-20-30/h1-20,31-34H,21-26H2/t31-,32-/m0/s1. The van der Waals surface area contributed by atoms with E-state index >= 15 is 0 Å². The van der Waals surface area contributed by atoms with Crippen LogP contribution >= 0.6 is 21.6 Å². The van der Waals surface area contributed by atoms with Gasteiger partial charge >= 0.3 is 0 Å². The smallest absolute Gasteiger partial charge is 0.0210 e. The molecule has 4 aromatic carbocycles. The van der Waals surface area contributed by atoms with Crippen LogP contribution in [0.5, 0.6) is 0 Å². The lowest BCUT2D eigenvalue weighted by Gasteiger charge is -2.21.